The van der Waals surface area contributed by atoms with E-state index in [2.05, 4.69) is 165 Å². The minimum Gasteiger partial charge on any atom is -0.165 e. The van der Waals surface area contributed by atoms with E-state index in [9.17, 15) is 0 Å². The molecule has 0 unspecified atom stereocenters. The van der Waals surface area contributed by atoms with Crippen LogP contribution in [0, 0.1) is 6.92 Å². The largest absolute Gasteiger partial charge is 0.165 e. The van der Waals surface area contributed by atoms with Crippen LogP contribution in [-0.4, -0.2) is 5.43 Å². The molecule has 0 radical (unpaired) electrons. The van der Waals surface area contributed by atoms with E-state index in [1.165, 1.54) is 60.1 Å². The predicted octanol–water partition coefficient (Wildman–Crippen LogP) is 13.0. The molecule has 0 heterocycles. The van der Waals surface area contributed by atoms with Crippen LogP contribution in [0.1, 0.15) is 58.2 Å². The van der Waals surface area contributed by atoms with Crippen LogP contribution in [0.15, 0.2) is 103 Å². The zero-order chi connectivity index (χ0) is 31.5. The number of halogens is 2. The van der Waals surface area contributed by atoms with E-state index in [0.29, 0.717) is 0 Å². The molecule has 6 rings (SSSR count). The van der Waals surface area contributed by atoms with Gasteiger partial charge in [0, 0.05) is 0 Å². The number of hydrogen-bond acceptors (Lipinski definition) is 0. The van der Waals surface area contributed by atoms with Crippen molar-refractivity contribution >= 4 is 54.8 Å². The Morgan fingerprint density at radius 1 is 0.581 bits per heavy atom. The van der Waals surface area contributed by atoms with Gasteiger partial charge in [0.15, 0.2) is 0 Å². The molecule has 0 saturated heterocycles. The van der Waals surface area contributed by atoms with Crippen LogP contribution in [0.4, 0.5) is 0 Å². The molecule has 0 aliphatic carbocycles. The standard InChI is InChI=1S/C21H25.C16H13.C2H6Si.2ClH.Zr/c1-20(2,3)16-7-9-18-14(12-16)11-15-13-17(21(4,5)6)8-10-19(15)18;1-12-10-14-8-5-9-15(16(14)11-12)13-6-3-2-4-7-13;1-3-2;;;/h7-13H,1-6H3;2-11H,1H3;1-2H3;2*1H;/q2*-1;;;;+2/p-2. The van der Waals surface area contributed by atoms with Crippen LogP contribution in [0.2, 0.25) is 13.1 Å². The molecular weight excluding hydrogens is 659 g/mol. The molecule has 0 fully saturated rings. The number of hydrogen-bond donors (Lipinski definition) is 0. The Hall–Kier alpha value is -1.96. The number of rotatable bonds is 1. The fourth-order valence-corrected chi connectivity index (χ4v) is 5.21. The van der Waals surface area contributed by atoms with Crippen LogP contribution in [0.3, 0.4) is 0 Å². The van der Waals surface area contributed by atoms with Gasteiger partial charge in [-0.15, -0.1) is 74.3 Å². The Labute approximate surface area is 274 Å². The third-order valence-electron chi connectivity index (χ3n) is 7.79. The molecule has 4 heteroatoms. The normalized spacial score (nSPS) is 11.6. The van der Waals surface area contributed by atoms with Gasteiger partial charge in [-0.2, -0.15) is 6.07 Å². The second-order valence-corrected chi connectivity index (χ2v) is 36.7. The molecule has 0 aliphatic rings. The number of fused-ring (bicyclic) bond motifs is 4. The molecule has 0 amide bonds. The third-order valence-corrected chi connectivity index (χ3v) is 27.5. The summed E-state index contributed by atoms with van der Waals surface area (Å²) in [6.45, 7) is 20.1. The molecule has 0 N–H and O–H groups in total. The Bertz CT molecular complexity index is 1790. The van der Waals surface area contributed by atoms with Crippen LogP contribution < -0.4 is 0 Å². The fraction of sp³-hybridized carbons (Fsp3) is 0.282. The van der Waals surface area contributed by atoms with Gasteiger partial charge in [0.1, 0.15) is 0 Å². The minimum atomic E-state index is -1.65. The van der Waals surface area contributed by atoms with Gasteiger partial charge in [-0.25, -0.2) is 0 Å². The van der Waals surface area contributed by atoms with Crippen molar-refractivity contribution < 1.29 is 18.0 Å². The van der Waals surface area contributed by atoms with Gasteiger partial charge >= 0.3 is 53.5 Å². The summed E-state index contributed by atoms with van der Waals surface area (Å²) in [7, 11) is 11.2. The second kappa shape index (κ2) is 14.0. The summed E-state index contributed by atoms with van der Waals surface area (Å²) in [5.74, 6) is 0. The van der Waals surface area contributed by atoms with Gasteiger partial charge in [-0.3, -0.25) is 0 Å². The number of aryl methyl sites for hydroxylation is 1. The van der Waals surface area contributed by atoms with Gasteiger partial charge < -0.3 is 0 Å². The van der Waals surface area contributed by atoms with E-state index in [4.69, 9.17) is 17.0 Å². The van der Waals surface area contributed by atoms with Crippen LogP contribution in [-0.2, 0) is 28.8 Å². The fourth-order valence-electron chi connectivity index (χ4n) is 5.21. The van der Waals surface area contributed by atoms with Crippen molar-refractivity contribution in [2.45, 2.75) is 72.4 Å². The maximum Gasteiger partial charge on any atom is -0.0279 e. The van der Waals surface area contributed by atoms with Gasteiger partial charge in [0.2, 0.25) is 0 Å². The van der Waals surface area contributed by atoms with Crippen molar-refractivity contribution in [3.05, 3.63) is 120 Å². The summed E-state index contributed by atoms with van der Waals surface area (Å²) in [4.78, 5) is 0. The van der Waals surface area contributed by atoms with Gasteiger partial charge in [0.05, 0.1) is 0 Å². The zero-order valence-electron chi connectivity index (χ0n) is 27.1. The maximum absolute atomic E-state index is 5.62. The Kier molecular flexibility index (Phi) is 11.0. The summed E-state index contributed by atoms with van der Waals surface area (Å²) < 4.78 is 0. The summed E-state index contributed by atoms with van der Waals surface area (Å²) in [6.07, 6.45) is 0. The molecule has 224 valence electrons. The molecule has 0 saturated carbocycles. The van der Waals surface area contributed by atoms with Crippen molar-refractivity contribution in [3.8, 4) is 11.1 Å². The van der Waals surface area contributed by atoms with Crippen molar-refractivity contribution in [2.75, 3.05) is 0 Å². The Morgan fingerprint density at radius 3 is 1.56 bits per heavy atom. The zero-order valence-corrected chi connectivity index (χ0v) is 32.0. The second-order valence-electron chi connectivity index (χ2n) is 13.7. The molecule has 6 aromatic carbocycles. The first-order valence-corrected chi connectivity index (χ1v) is 27.5. The van der Waals surface area contributed by atoms with E-state index in [1.807, 2.05) is 0 Å². The molecule has 0 aromatic heterocycles. The molecule has 6 aromatic rings. The summed E-state index contributed by atoms with van der Waals surface area (Å²) >= 11 is -1.65. The molecule has 0 aliphatic heterocycles. The molecule has 0 atom stereocenters. The first-order valence-electron chi connectivity index (χ1n) is 15.0. The van der Waals surface area contributed by atoms with E-state index in [-0.39, 0.29) is 16.3 Å². The Balaban J connectivity index is 0.000000170. The molecule has 0 bridgehead atoms. The molecule has 0 spiro atoms. The van der Waals surface area contributed by atoms with E-state index >= 15 is 0 Å². The average Bonchev–Trinajstić information content (AvgIpc) is 3.51. The summed E-state index contributed by atoms with van der Waals surface area (Å²) in [5, 5.41) is 8.16. The SMILES string of the molecule is CC(C)(C)c1ccc2c(c1)[cH-]c1cc(C(C)(C)C)ccc12.C[Si](C)=[Zr]([Cl])[Cl].Cc1cc2c(-c3ccccc3)cccc2[cH-]1. The Morgan fingerprint density at radius 2 is 1.09 bits per heavy atom. The predicted molar refractivity (Wildman–Crippen MR) is 193 cm³/mol. The van der Waals surface area contributed by atoms with E-state index in [1.54, 1.807) is 0 Å². The van der Waals surface area contributed by atoms with Crippen molar-refractivity contribution in [3.63, 3.8) is 0 Å². The van der Waals surface area contributed by atoms with Crippen molar-refractivity contribution in [1.82, 2.24) is 0 Å². The molecule has 43 heavy (non-hydrogen) atoms. The maximum atomic E-state index is 5.62. The first kappa shape index (κ1) is 33.9. The first-order chi connectivity index (χ1) is 20.1. The van der Waals surface area contributed by atoms with Crippen LogP contribution in [0.25, 0.3) is 43.4 Å². The summed E-state index contributed by atoms with van der Waals surface area (Å²) in [6, 6.07) is 37.7. The van der Waals surface area contributed by atoms with Gasteiger partial charge in [0.25, 0.3) is 0 Å². The molecule has 0 nitrogen and oxygen atoms in total. The average molecular weight is 703 g/mol. The number of benzene rings is 4. The van der Waals surface area contributed by atoms with Crippen LogP contribution in [0.5, 0.6) is 0 Å². The summed E-state index contributed by atoms with van der Waals surface area (Å²) in [5.41, 5.74) is 6.94. The smallest absolute Gasteiger partial charge is 0.0279 e. The quantitative estimate of drug-likeness (QED) is 0.118. The van der Waals surface area contributed by atoms with Gasteiger partial charge in [-0.05, 0) is 16.4 Å². The van der Waals surface area contributed by atoms with E-state index in [0.717, 1.165) is 0 Å². The van der Waals surface area contributed by atoms with Crippen molar-refractivity contribution in [2.24, 2.45) is 0 Å². The van der Waals surface area contributed by atoms with E-state index < -0.39 is 18.0 Å². The topological polar surface area (TPSA) is 0 Å². The van der Waals surface area contributed by atoms with Crippen molar-refractivity contribution in [1.29, 1.82) is 0 Å². The molecular formula is C39H44Cl2SiZr-2. The van der Waals surface area contributed by atoms with Crippen LogP contribution >= 0.6 is 17.0 Å². The minimum absolute atomic E-state index is 0.203. The van der Waals surface area contributed by atoms with Gasteiger partial charge in [-0.1, -0.05) is 126 Å². The monoisotopic (exact) mass is 700 g/mol. The third kappa shape index (κ3) is 8.61.